The van der Waals surface area contributed by atoms with Crippen molar-refractivity contribution in [2.45, 2.75) is 25.9 Å². The Labute approximate surface area is 226 Å². The number of amides is 2. The molecule has 2 atom stereocenters. The van der Waals surface area contributed by atoms with E-state index in [-0.39, 0.29) is 34.6 Å². The summed E-state index contributed by atoms with van der Waals surface area (Å²) in [7, 11) is 0. The Bertz CT molecular complexity index is 1200. The van der Waals surface area contributed by atoms with E-state index in [1.54, 1.807) is 24.0 Å². The van der Waals surface area contributed by atoms with E-state index in [4.69, 9.17) is 16.3 Å². The number of anilines is 1. The van der Waals surface area contributed by atoms with Gasteiger partial charge in [0.1, 0.15) is 0 Å². The van der Waals surface area contributed by atoms with Gasteiger partial charge < -0.3 is 19.4 Å². The number of ether oxygens (including phenoxy) is 1. The third kappa shape index (κ3) is 5.42. The van der Waals surface area contributed by atoms with E-state index in [2.05, 4.69) is 9.80 Å². The lowest BCUT2D eigenvalue weighted by molar-refractivity contribution is -0.384. The minimum atomic E-state index is -0.387. The van der Waals surface area contributed by atoms with Crippen molar-refractivity contribution in [1.29, 1.82) is 0 Å². The van der Waals surface area contributed by atoms with Crippen LogP contribution in [-0.2, 0) is 22.5 Å². The molecule has 2 aromatic carbocycles. The number of rotatable bonds is 5. The summed E-state index contributed by atoms with van der Waals surface area (Å²) in [4.78, 5) is 45.2. The average molecular weight is 542 g/mol. The van der Waals surface area contributed by atoms with E-state index in [9.17, 15) is 19.7 Å². The van der Waals surface area contributed by atoms with Gasteiger partial charge >= 0.3 is 6.09 Å². The number of piperazine rings is 2. The molecule has 2 aromatic rings. The van der Waals surface area contributed by atoms with Crippen molar-refractivity contribution < 1.29 is 19.2 Å². The average Bonchev–Trinajstić information content (AvgIpc) is 2.93. The van der Waals surface area contributed by atoms with Gasteiger partial charge in [-0.05, 0) is 42.7 Å². The summed E-state index contributed by atoms with van der Waals surface area (Å²) >= 11 is 6.06. The molecule has 2 amide bonds. The molecule has 202 valence electrons. The molecule has 2 fully saturated rings. The van der Waals surface area contributed by atoms with E-state index in [1.165, 1.54) is 0 Å². The molecular formula is C27H32ClN5O5. The number of hydrogen-bond acceptors (Lipinski definition) is 7. The van der Waals surface area contributed by atoms with E-state index in [1.807, 2.05) is 35.2 Å². The molecule has 0 saturated carbocycles. The van der Waals surface area contributed by atoms with Crippen LogP contribution in [-0.4, -0.2) is 90.1 Å². The first-order chi connectivity index (χ1) is 18.3. The Morgan fingerprint density at radius 1 is 1.03 bits per heavy atom. The van der Waals surface area contributed by atoms with Crippen LogP contribution in [0.5, 0.6) is 0 Å². The maximum atomic E-state index is 13.9. The molecule has 10 nitrogen and oxygen atoms in total. The molecule has 0 aliphatic carbocycles. The first kappa shape index (κ1) is 26.2. The van der Waals surface area contributed by atoms with Gasteiger partial charge in [-0.15, -0.1) is 0 Å². The van der Waals surface area contributed by atoms with Gasteiger partial charge in [-0.2, -0.15) is 0 Å². The van der Waals surface area contributed by atoms with E-state index >= 15 is 0 Å². The Morgan fingerprint density at radius 3 is 2.42 bits per heavy atom. The highest BCUT2D eigenvalue weighted by atomic mass is 35.5. The van der Waals surface area contributed by atoms with Crippen molar-refractivity contribution >= 4 is 35.0 Å². The molecular weight excluding hydrogens is 510 g/mol. The Kier molecular flexibility index (Phi) is 7.71. The quantitative estimate of drug-likeness (QED) is 0.422. The molecule has 0 radical (unpaired) electrons. The molecule has 3 heterocycles. The second kappa shape index (κ2) is 11.2. The lowest BCUT2D eigenvalue weighted by Gasteiger charge is -2.50. The summed E-state index contributed by atoms with van der Waals surface area (Å²) in [6, 6.07) is 12.8. The van der Waals surface area contributed by atoms with E-state index in [0.29, 0.717) is 50.8 Å². The van der Waals surface area contributed by atoms with Gasteiger partial charge in [0.2, 0.25) is 5.91 Å². The molecule has 0 N–H and O–H groups in total. The van der Waals surface area contributed by atoms with Crippen LogP contribution in [0.15, 0.2) is 42.5 Å². The molecule has 2 saturated heterocycles. The van der Waals surface area contributed by atoms with Crippen LogP contribution in [0.4, 0.5) is 16.2 Å². The van der Waals surface area contributed by atoms with Crippen LogP contribution in [0, 0.1) is 16.0 Å². The first-order valence-corrected chi connectivity index (χ1v) is 13.4. The van der Waals surface area contributed by atoms with Crippen molar-refractivity contribution in [3.8, 4) is 0 Å². The predicted molar refractivity (Wildman–Crippen MR) is 143 cm³/mol. The number of nitrogens with zero attached hydrogens (tertiary/aromatic N) is 5. The number of benzene rings is 2. The van der Waals surface area contributed by atoms with Crippen LogP contribution in [0.2, 0.25) is 5.02 Å². The Hall–Kier alpha value is -3.37. The second-order valence-electron chi connectivity index (χ2n) is 10.0. The van der Waals surface area contributed by atoms with Crippen molar-refractivity contribution in [2.75, 3.05) is 57.3 Å². The number of nitro groups is 1. The minimum absolute atomic E-state index is 0.0361. The van der Waals surface area contributed by atoms with Crippen LogP contribution >= 0.6 is 11.6 Å². The van der Waals surface area contributed by atoms with Crippen LogP contribution in [0.1, 0.15) is 18.1 Å². The summed E-state index contributed by atoms with van der Waals surface area (Å²) in [5, 5.41) is 12.2. The van der Waals surface area contributed by atoms with Crippen molar-refractivity contribution in [1.82, 2.24) is 14.7 Å². The fourth-order valence-corrected chi connectivity index (χ4v) is 5.94. The van der Waals surface area contributed by atoms with Gasteiger partial charge in [0.05, 0.1) is 23.5 Å². The SMILES string of the molecule is CCOC(=O)N1CCN(C(=O)C2Cc3cc([N+](=O)[O-])ccc3N3CCN(Cc4ccc(Cl)cc4)CC23)CC1. The third-order valence-corrected chi connectivity index (χ3v) is 8.00. The van der Waals surface area contributed by atoms with Gasteiger partial charge in [0.15, 0.2) is 0 Å². The van der Waals surface area contributed by atoms with E-state index < -0.39 is 0 Å². The summed E-state index contributed by atoms with van der Waals surface area (Å²) in [5.74, 6) is -0.305. The summed E-state index contributed by atoms with van der Waals surface area (Å²) in [6.07, 6.45) is 0.0963. The molecule has 5 rings (SSSR count). The highest BCUT2D eigenvalue weighted by Crippen LogP contribution is 2.39. The standard InChI is InChI=1S/C27H32ClN5O5/c1-2-38-27(35)31-12-10-30(11-13-31)26(34)23-16-20-15-22(33(36)37)7-8-24(20)32-14-9-29(18-25(23)32)17-19-3-5-21(28)6-4-19/h3-8,15,23,25H,2,9-14,16-18H2,1H3. The van der Waals surface area contributed by atoms with E-state index in [0.717, 1.165) is 36.4 Å². The number of nitro benzene ring substituents is 1. The number of carbonyl (C=O) groups excluding carboxylic acids is 2. The molecule has 0 aromatic heterocycles. The van der Waals surface area contributed by atoms with Crippen LogP contribution < -0.4 is 4.90 Å². The number of fused-ring (bicyclic) bond motifs is 3. The van der Waals surface area contributed by atoms with Crippen molar-refractivity contribution in [3.63, 3.8) is 0 Å². The molecule has 38 heavy (non-hydrogen) atoms. The van der Waals surface area contributed by atoms with Gasteiger partial charge in [0, 0.05) is 75.2 Å². The monoisotopic (exact) mass is 541 g/mol. The fourth-order valence-electron chi connectivity index (χ4n) is 5.82. The Balaban J connectivity index is 1.37. The maximum absolute atomic E-state index is 13.9. The summed E-state index contributed by atoms with van der Waals surface area (Å²) in [6.45, 7) is 6.83. The van der Waals surface area contributed by atoms with Gasteiger partial charge in [0.25, 0.3) is 5.69 Å². The second-order valence-corrected chi connectivity index (χ2v) is 10.5. The number of non-ortho nitro benzene ring substituents is 1. The molecule has 3 aliphatic rings. The van der Waals surface area contributed by atoms with Crippen LogP contribution in [0.25, 0.3) is 0 Å². The maximum Gasteiger partial charge on any atom is 0.409 e. The zero-order chi connectivity index (χ0) is 26.8. The first-order valence-electron chi connectivity index (χ1n) is 13.0. The predicted octanol–water partition coefficient (Wildman–Crippen LogP) is 3.41. The topological polar surface area (TPSA) is 99.5 Å². The lowest BCUT2D eigenvalue weighted by Crippen LogP contribution is -2.62. The van der Waals surface area contributed by atoms with Crippen molar-refractivity contribution in [2.24, 2.45) is 5.92 Å². The van der Waals surface area contributed by atoms with Gasteiger partial charge in [-0.3, -0.25) is 19.8 Å². The highest BCUT2D eigenvalue weighted by molar-refractivity contribution is 6.30. The normalized spacial score (nSPS) is 21.5. The lowest BCUT2D eigenvalue weighted by atomic mass is 9.82. The van der Waals surface area contributed by atoms with Gasteiger partial charge in [-0.25, -0.2) is 4.79 Å². The fraction of sp³-hybridized carbons (Fsp3) is 0.481. The Morgan fingerprint density at radius 2 is 1.74 bits per heavy atom. The van der Waals surface area contributed by atoms with Crippen LogP contribution in [0.3, 0.4) is 0 Å². The smallest absolute Gasteiger partial charge is 0.409 e. The zero-order valence-corrected chi connectivity index (χ0v) is 22.2. The molecule has 3 aliphatic heterocycles. The molecule has 0 spiro atoms. The number of halogens is 1. The largest absolute Gasteiger partial charge is 0.450 e. The molecule has 0 bridgehead atoms. The molecule has 2 unspecified atom stereocenters. The summed E-state index contributed by atoms with van der Waals surface area (Å²) < 4.78 is 5.11. The highest BCUT2D eigenvalue weighted by Gasteiger charge is 2.43. The van der Waals surface area contributed by atoms with Gasteiger partial charge in [-0.1, -0.05) is 23.7 Å². The molecule has 11 heteroatoms. The summed E-state index contributed by atoms with van der Waals surface area (Å²) in [5.41, 5.74) is 3.01. The third-order valence-electron chi connectivity index (χ3n) is 7.74. The minimum Gasteiger partial charge on any atom is -0.450 e. The number of carbonyl (C=O) groups is 2. The zero-order valence-electron chi connectivity index (χ0n) is 21.4. The number of hydrogen-bond donors (Lipinski definition) is 0. The van der Waals surface area contributed by atoms with Crippen molar-refractivity contribution in [3.05, 3.63) is 68.7 Å².